The van der Waals surface area contributed by atoms with Gasteiger partial charge in [-0.05, 0) is 40.7 Å². The van der Waals surface area contributed by atoms with Gasteiger partial charge in [-0.1, -0.05) is 34.1 Å². The maximum Gasteiger partial charge on any atom is 0.242 e. The molecule has 0 unspecified atom stereocenters. The zero-order valence-corrected chi connectivity index (χ0v) is 16.0. The molecule has 0 saturated carbocycles. The van der Waals surface area contributed by atoms with Gasteiger partial charge in [0.15, 0.2) is 0 Å². The first-order chi connectivity index (χ1) is 9.94. The number of hydrogen-bond acceptors (Lipinski definition) is 4. The second-order valence-corrected chi connectivity index (χ2v) is 9.34. The van der Waals surface area contributed by atoms with Gasteiger partial charge in [-0.2, -0.15) is 0 Å². The largest absolute Gasteiger partial charge is 0.315 e. The third-order valence-electron chi connectivity index (χ3n) is 2.76. The van der Waals surface area contributed by atoms with E-state index in [-0.39, 0.29) is 11.4 Å². The number of sulfonamides is 1. The van der Waals surface area contributed by atoms with Gasteiger partial charge in [-0.25, -0.2) is 13.1 Å². The first kappa shape index (κ1) is 17.1. The van der Waals surface area contributed by atoms with Crippen LogP contribution < -0.4 is 10.0 Å². The van der Waals surface area contributed by atoms with Crippen LogP contribution in [0, 0.1) is 0 Å². The van der Waals surface area contributed by atoms with Crippen LogP contribution in [0.15, 0.2) is 43.5 Å². The number of halogens is 2. The molecule has 1 aromatic carbocycles. The van der Waals surface area contributed by atoms with E-state index in [0.717, 1.165) is 14.9 Å². The van der Waals surface area contributed by atoms with E-state index in [1.807, 2.05) is 31.3 Å². The Morgan fingerprint density at radius 2 is 1.90 bits per heavy atom. The number of nitrogens with one attached hydrogen (secondary N) is 2. The molecule has 1 heterocycles. The van der Waals surface area contributed by atoms with Crippen molar-refractivity contribution in [3.63, 3.8) is 0 Å². The van der Waals surface area contributed by atoms with Crippen LogP contribution in [0.25, 0.3) is 0 Å². The molecule has 114 valence electrons. The van der Waals surface area contributed by atoms with Gasteiger partial charge in [0, 0.05) is 22.4 Å². The van der Waals surface area contributed by atoms with Crippen molar-refractivity contribution in [2.75, 3.05) is 7.05 Å². The second kappa shape index (κ2) is 7.34. The number of thiophene rings is 1. The van der Waals surface area contributed by atoms with Crippen molar-refractivity contribution in [2.24, 2.45) is 0 Å². The van der Waals surface area contributed by atoms with Crippen LogP contribution in [0.1, 0.15) is 10.4 Å². The first-order valence-corrected chi connectivity index (χ1v) is 9.98. The standard InChI is InChI=1S/C13H14Br2N2O2S2/c1-16-8-10-6-12(13(15)20-10)21(18,19)17-7-9-4-2-3-5-11(9)14/h2-6,16-17H,7-8H2,1H3. The quantitative estimate of drug-likeness (QED) is 0.703. The molecule has 0 saturated heterocycles. The Balaban J connectivity index is 2.17. The molecule has 0 atom stereocenters. The Labute approximate surface area is 145 Å². The normalized spacial score (nSPS) is 11.8. The second-order valence-electron chi connectivity index (χ2n) is 4.30. The van der Waals surface area contributed by atoms with Crippen molar-refractivity contribution in [2.45, 2.75) is 18.0 Å². The third-order valence-corrected chi connectivity index (χ3v) is 7.18. The van der Waals surface area contributed by atoms with Crippen LogP contribution in [0.5, 0.6) is 0 Å². The molecule has 1 aromatic heterocycles. The Hall–Kier alpha value is -0.250. The molecule has 2 N–H and O–H groups in total. The first-order valence-electron chi connectivity index (χ1n) is 6.10. The van der Waals surface area contributed by atoms with E-state index in [4.69, 9.17) is 0 Å². The predicted molar refractivity (Wildman–Crippen MR) is 93.0 cm³/mol. The lowest BCUT2D eigenvalue weighted by Gasteiger charge is -2.07. The lowest BCUT2D eigenvalue weighted by molar-refractivity contribution is 0.581. The summed E-state index contributed by atoms with van der Waals surface area (Å²) in [5.74, 6) is 0. The van der Waals surface area contributed by atoms with Gasteiger partial charge in [-0.3, -0.25) is 0 Å². The molecule has 21 heavy (non-hydrogen) atoms. The molecule has 0 fully saturated rings. The van der Waals surface area contributed by atoms with Crippen LogP contribution in [0.3, 0.4) is 0 Å². The lowest BCUT2D eigenvalue weighted by atomic mass is 10.2. The average molecular weight is 454 g/mol. The molecule has 0 aliphatic carbocycles. The van der Waals surface area contributed by atoms with Crippen molar-refractivity contribution >= 4 is 53.2 Å². The van der Waals surface area contributed by atoms with Crippen molar-refractivity contribution < 1.29 is 8.42 Å². The van der Waals surface area contributed by atoms with E-state index in [1.54, 1.807) is 6.07 Å². The van der Waals surface area contributed by atoms with E-state index in [1.165, 1.54) is 11.3 Å². The number of benzene rings is 1. The molecular formula is C13H14Br2N2O2S2. The zero-order chi connectivity index (χ0) is 15.5. The van der Waals surface area contributed by atoms with Crippen molar-refractivity contribution in [1.82, 2.24) is 10.0 Å². The van der Waals surface area contributed by atoms with Gasteiger partial charge in [0.25, 0.3) is 0 Å². The summed E-state index contributed by atoms with van der Waals surface area (Å²) in [5, 5.41) is 3.01. The topological polar surface area (TPSA) is 58.2 Å². The summed E-state index contributed by atoms with van der Waals surface area (Å²) >= 11 is 8.15. The van der Waals surface area contributed by atoms with Crippen molar-refractivity contribution in [1.29, 1.82) is 0 Å². The van der Waals surface area contributed by atoms with Gasteiger partial charge in [-0.15, -0.1) is 11.3 Å². The van der Waals surface area contributed by atoms with Gasteiger partial charge < -0.3 is 5.32 Å². The van der Waals surface area contributed by atoms with E-state index in [0.29, 0.717) is 10.3 Å². The SMILES string of the molecule is CNCc1cc(S(=O)(=O)NCc2ccccc2Br)c(Br)s1. The third kappa shape index (κ3) is 4.37. The lowest BCUT2D eigenvalue weighted by Crippen LogP contribution is -2.23. The van der Waals surface area contributed by atoms with Crippen LogP contribution >= 0.6 is 43.2 Å². The van der Waals surface area contributed by atoms with Crippen molar-refractivity contribution in [3.05, 3.63) is 49.0 Å². The molecule has 4 nitrogen and oxygen atoms in total. The minimum Gasteiger partial charge on any atom is -0.315 e. The number of rotatable bonds is 6. The fraction of sp³-hybridized carbons (Fsp3) is 0.231. The minimum atomic E-state index is -3.54. The fourth-order valence-electron chi connectivity index (χ4n) is 1.73. The van der Waals surface area contributed by atoms with E-state index < -0.39 is 10.0 Å². The molecule has 2 aromatic rings. The maximum atomic E-state index is 12.4. The predicted octanol–water partition coefficient (Wildman–Crippen LogP) is 3.47. The highest BCUT2D eigenvalue weighted by Gasteiger charge is 2.20. The van der Waals surface area contributed by atoms with E-state index in [2.05, 4.69) is 41.9 Å². The molecule has 0 spiro atoms. The van der Waals surface area contributed by atoms with E-state index >= 15 is 0 Å². The average Bonchev–Trinajstić information content (AvgIpc) is 2.80. The summed E-state index contributed by atoms with van der Waals surface area (Å²) in [6, 6.07) is 9.21. The monoisotopic (exact) mass is 452 g/mol. The van der Waals surface area contributed by atoms with Gasteiger partial charge in [0.05, 0.1) is 3.79 Å². The van der Waals surface area contributed by atoms with Gasteiger partial charge in [0.2, 0.25) is 10.0 Å². The Morgan fingerprint density at radius 1 is 1.19 bits per heavy atom. The fourth-order valence-corrected chi connectivity index (χ4v) is 5.86. The zero-order valence-electron chi connectivity index (χ0n) is 11.2. The van der Waals surface area contributed by atoms with Crippen LogP contribution in [-0.4, -0.2) is 15.5 Å². The summed E-state index contributed by atoms with van der Waals surface area (Å²) in [6.45, 7) is 0.885. The summed E-state index contributed by atoms with van der Waals surface area (Å²) in [7, 11) is -1.71. The maximum absolute atomic E-state index is 12.4. The minimum absolute atomic E-state index is 0.243. The van der Waals surface area contributed by atoms with Crippen LogP contribution in [0.4, 0.5) is 0 Å². The molecule has 0 radical (unpaired) electrons. The van der Waals surface area contributed by atoms with E-state index in [9.17, 15) is 8.42 Å². The summed E-state index contributed by atoms with van der Waals surface area (Å²) < 4.78 is 28.9. The highest BCUT2D eigenvalue weighted by molar-refractivity contribution is 9.11. The van der Waals surface area contributed by atoms with Crippen LogP contribution in [0.2, 0.25) is 0 Å². The Morgan fingerprint density at radius 3 is 2.57 bits per heavy atom. The number of hydrogen-bond donors (Lipinski definition) is 2. The molecular weight excluding hydrogens is 440 g/mol. The molecule has 0 aliphatic rings. The van der Waals surface area contributed by atoms with Gasteiger partial charge >= 0.3 is 0 Å². The molecule has 8 heteroatoms. The molecule has 0 bridgehead atoms. The molecule has 0 amide bonds. The van der Waals surface area contributed by atoms with Crippen molar-refractivity contribution in [3.8, 4) is 0 Å². The molecule has 0 aliphatic heterocycles. The Kier molecular flexibility index (Phi) is 5.98. The summed E-state index contributed by atoms with van der Waals surface area (Å²) in [5.41, 5.74) is 0.892. The summed E-state index contributed by atoms with van der Waals surface area (Å²) in [4.78, 5) is 1.25. The highest BCUT2D eigenvalue weighted by Crippen LogP contribution is 2.31. The highest BCUT2D eigenvalue weighted by atomic mass is 79.9. The summed E-state index contributed by atoms with van der Waals surface area (Å²) in [6.07, 6.45) is 0. The molecule has 2 rings (SSSR count). The Bertz CT molecular complexity index is 730. The van der Waals surface area contributed by atoms with Crippen LogP contribution in [-0.2, 0) is 23.1 Å². The smallest absolute Gasteiger partial charge is 0.242 e. The van der Waals surface area contributed by atoms with Gasteiger partial charge in [0.1, 0.15) is 4.90 Å².